The summed E-state index contributed by atoms with van der Waals surface area (Å²) in [6.45, 7) is 4.06. The van der Waals surface area contributed by atoms with Gasteiger partial charge in [0, 0.05) is 32.7 Å². The van der Waals surface area contributed by atoms with E-state index in [2.05, 4.69) is 33.0 Å². The predicted octanol–water partition coefficient (Wildman–Crippen LogP) is 3.48. The highest BCUT2D eigenvalue weighted by Crippen LogP contribution is 2.17. The van der Waals surface area contributed by atoms with E-state index in [9.17, 15) is 9.18 Å². The molecule has 132 valence electrons. The highest BCUT2D eigenvalue weighted by Gasteiger charge is 2.26. The molecule has 3 nitrogen and oxygen atoms in total. The largest absolute Gasteiger partial charge is 0.339 e. The lowest BCUT2D eigenvalue weighted by molar-refractivity contribution is -0.132. The molecule has 1 fully saturated rings. The zero-order valence-corrected chi connectivity index (χ0v) is 15.7. The Labute approximate surface area is 156 Å². The second-order valence-electron chi connectivity index (χ2n) is 6.35. The Morgan fingerprint density at radius 2 is 1.64 bits per heavy atom. The molecule has 0 aromatic heterocycles. The molecule has 2 aromatic carbocycles. The number of carbonyl (C=O) groups is 1. The smallest absolute Gasteiger partial charge is 0.236 e. The third-order valence-corrected chi connectivity index (χ3v) is 5.27. The van der Waals surface area contributed by atoms with Crippen molar-refractivity contribution in [3.05, 3.63) is 71.5 Å². The number of halogens is 2. The van der Waals surface area contributed by atoms with E-state index in [1.54, 1.807) is 18.2 Å². The lowest BCUT2D eigenvalue weighted by atomic mass is 10.1. The molecule has 3 rings (SSSR count). The molecule has 2 aromatic rings. The lowest BCUT2D eigenvalue weighted by Crippen LogP contribution is -2.50. The van der Waals surface area contributed by atoms with E-state index < -0.39 is 0 Å². The van der Waals surface area contributed by atoms with Crippen LogP contribution in [0.4, 0.5) is 4.39 Å². The van der Waals surface area contributed by atoms with E-state index in [-0.39, 0.29) is 16.6 Å². The van der Waals surface area contributed by atoms with Crippen LogP contribution in [-0.4, -0.2) is 46.7 Å². The molecule has 25 heavy (non-hydrogen) atoms. The first-order chi connectivity index (χ1) is 12.1. The van der Waals surface area contributed by atoms with Gasteiger partial charge in [0.25, 0.3) is 0 Å². The van der Waals surface area contributed by atoms with Crippen molar-refractivity contribution in [1.82, 2.24) is 9.80 Å². The third-order valence-electron chi connectivity index (χ3n) is 4.56. The highest BCUT2D eigenvalue weighted by molar-refractivity contribution is 9.10. The van der Waals surface area contributed by atoms with Crippen molar-refractivity contribution in [2.75, 3.05) is 26.2 Å². The van der Waals surface area contributed by atoms with Crippen LogP contribution in [0.2, 0.25) is 0 Å². The summed E-state index contributed by atoms with van der Waals surface area (Å²) in [6.07, 6.45) is 0.371. The first-order valence-electron chi connectivity index (χ1n) is 8.56. The summed E-state index contributed by atoms with van der Waals surface area (Å²) < 4.78 is 13.8. The van der Waals surface area contributed by atoms with Gasteiger partial charge in [-0.25, -0.2) is 4.39 Å². The van der Waals surface area contributed by atoms with Gasteiger partial charge in [0.1, 0.15) is 5.82 Å². The van der Waals surface area contributed by atoms with Gasteiger partial charge in [-0.05, 0) is 23.6 Å². The zero-order chi connectivity index (χ0) is 17.6. The maximum absolute atomic E-state index is 13.8. The van der Waals surface area contributed by atoms with E-state index in [1.165, 1.54) is 11.6 Å². The molecular weight excluding hydrogens is 383 g/mol. The molecule has 1 saturated heterocycles. The Bertz CT molecular complexity index is 702. The summed E-state index contributed by atoms with van der Waals surface area (Å²) in [4.78, 5) is 16.5. The molecule has 0 spiro atoms. The third kappa shape index (κ3) is 4.89. The van der Waals surface area contributed by atoms with Crippen molar-refractivity contribution in [2.24, 2.45) is 0 Å². The van der Waals surface area contributed by atoms with Gasteiger partial charge < -0.3 is 4.90 Å². The number of amides is 1. The molecule has 1 unspecified atom stereocenters. The van der Waals surface area contributed by atoms with Crippen LogP contribution >= 0.6 is 15.9 Å². The van der Waals surface area contributed by atoms with Crippen molar-refractivity contribution in [1.29, 1.82) is 0 Å². The van der Waals surface area contributed by atoms with E-state index in [4.69, 9.17) is 0 Å². The van der Waals surface area contributed by atoms with Gasteiger partial charge in [0.2, 0.25) is 5.91 Å². The van der Waals surface area contributed by atoms with Gasteiger partial charge in [-0.3, -0.25) is 9.69 Å². The Balaban J connectivity index is 1.50. The average molecular weight is 405 g/mol. The monoisotopic (exact) mass is 404 g/mol. The van der Waals surface area contributed by atoms with Crippen LogP contribution in [-0.2, 0) is 17.8 Å². The zero-order valence-electron chi connectivity index (χ0n) is 14.1. The van der Waals surface area contributed by atoms with Gasteiger partial charge in [-0.2, -0.15) is 0 Å². The topological polar surface area (TPSA) is 23.6 Å². The number of rotatable bonds is 5. The van der Waals surface area contributed by atoms with Gasteiger partial charge in [0.05, 0.1) is 4.83 Å². The number of hydrogen-bond acceptors (Lipinski definition) is 2. The molecule has 0 saturated carbocycles. The van der Waals surface area contributed by atoms with Crippen LogP contribution in [0.15, 0.2) is 54.6 Å². The Kier molecular flexibility index (Phi) is 6.21. The maximum atomic E-state index is 13.8. The van der Waals surface area contributed by atoms with E-state index in [0.29, 0.717) is 25.1 Å². The van der Waals surface area contributed by atoms with Crippen molar-refractivity contribution in [3.63, 3.8) is 0 Å². The van der Waals surface area contributed by atoms with Crippen molar-refractivity contribution in [3.8, 4) is 0 Å². The first kappa shape index (κ1) is 18.1. The SMILES string of the molecule is O=C(C(Br)Cc1ccccc1F)N1CCN(Cc2ccccc2)CC1. The quantitative estimate of drug-likeness (QED) is 0.712. The van der Waals surface area contributed by atoms with E-state index in [1.807, 2.05) is 23.1 Å². The number of benzene rings is 2. The molecule has 0 bridgehead atoms. The van der Waals surface area contributed by atoms with Gasteiger partial charge >= 0.3 is 0 Å². The number of nitrogens with zero attached hydrogens (tertiary/aromatic N) is 2. The molecule has 1 amide bonds. The molecule has 0 radical (unpaired) electrons. The number of carbonyl (C=O) groups excluding carboxylic acids is 1. The molecule has 1 aliphatic heterocycles. The molecular formula is C20H22BrFN2O. The normalized spacial score (nSPS) is 16.6. The fraction of sp³-hybridized carbons (Fsp3) is 0.350. The van der Waals surface area contributed by atoms with Gasteiger partial charge in [-0.1, -0.05) is 64.5 Å². The van der Waals surface area contributed by atoms with Crippen molar-refractivity contribution >= 4 is 21.8 Å². The molecule has 0 aliphatic carbocycles. The maximum Gasteiger partial charge on any atom is 0.236 e. The first-order valence-corrected chi connectivity index (χ1v) is 9.47. The van der Waals surface area contributed by atoms with Gasteiger partial charge in [0.15, 0.2) is 0 Å². The standard InChI is InChI=1S/C20H22BrFN2O/c21-18(14-17-8-4-5-9-19(17)22)20(25)24-12-10-23(11-13-24)15-16-6-2-1-3-7-16/h1-9,18H,10-15H2. The minimum absolute atomic E-state index is 0.0441. The van der Waals surface area contributed by atoms with Crippen LogP contribution in [0.25, 0.3) is 0 Å². The summed E-state index contributed by atoms with van der Waals surface area (Å²) in [5.74, 6) is -0.213. The molecule has 5 heteroatoms. The second-order valence-corrected chi connectivity index (χ2v) is 7.46. The van der Waals surface area contributed by atoms with Crippen LogP contribution in [0.5, 0.6) is 0 Å². The average Bonchev–Trinajstić information content (AvgIpc) is 2.64. The predicted molar refractivity (Wildman–Crippen MR) is 101 cm³/mol. The Morgan fingerprint density at radius 3 is 2.32 bits per heavy atom. The Morgan fingerprint density at radius 1 is 1.00 bits per heavy atom. The van der Waals surface area contributed by atoms with Crippen molar-refractivity contribution < 1.29 is 9.18 Å². The number of piperazine rings is 1. The summed E-state index contributed by atoms with van der Waals surface area (Å²) in [5, 5.41) is 0. The highest BCUT2D eigenvalue weighted by atomic mass is 79.9. The Hall–Kier alpha value is -1.72. The second kappa shape index (κ2) is 8.59. The molecule has 1 atom stereocenters. The minimum Gasteiger partial charge on any atom is -0.339 e. The van der Waals surface area contributed by atoms with Crippen LogP contribution < -0.4 is 0 Å². The van der Waals surface area contributed by atoms with Crippen molar-refractivity contribution in [2.45, 2.75) is 17.8 Å². The van der Waals surface area contributed by atoms with E-state index >= 15 is 0 Å². The molecule has 1 aliphatic rings. The van der Waals surface area contributed by atoms with Crippen LogP contribution in [0, 0.1) is 5.82 Å². The number of hydrogen-bond donors (Lipinski definition) is 0. The van der Waals surface area contributed by atoms with Gasteiger partial charge in [-0.15, -0.1) is 0 Å². The van der Waals surface area contributed by atoms with Crippen LogP contribution in [0.3, 0.4) is 0 Å². The summed E-state index contributed by atoms with van der Waals surface area (Å²) >= 11 is 3.45. The fourth-order valence-corrected chi connectivity index (χ4v) is 3.75. The summed E-state index contributed by atoms with van der Waals surface area (Å²) in [6, 6.07) is 17.0. The van der Waals surface area contributed by atoms with Crippen LogP contribution in [0.1, 0.15) is 11.1 Å². The molecule has 0 N–H and O–H groups in total. The summed E-state index contributed by atoms with van der Waals surface area (Å²) in [7, 11) is 0. The number of alkyl halides is 1. The molecule has 1 heterocycles. The minimum atomic E-state index is -0.384. The fourth-order valence-electron chi connectivity index (χ4n) is 3.11. The summed E-state index contributed by atoms with van der Waals surface area (Å²) in [5.41, 5.74) is 1.86. The van der Waals surface area contributed by atoms with E-state index in [0.717, 1.165) is 19.6 Å². The lowest BCUT2D eigenvalue weighted by Gasteiger charge is -2.35.